The van der Waals surface area contributed by atoms with Gasteiger partial charge in [-0.05, 0) is 29.8 Å². The molecule has 2 heterocycles. The number of benzene rings is 3. The lowest BCUT2D eigenvalue weighted by atomic mass is 9.98. The molecule has 1 amide bonds. The zero-order valence-corrected chi connectivity index (χ0v) is 23.2. The Labute approximate surface area is 239 Å². The Morgan fingerprint density at radius 3 is 2.34 bits per heavy atom. The Bertz CT molecular complexity index is 1660. The number of ether oxygens (including phenoxy) is 3. The lowest BCUT2D eigenvalue weighted by molar-refractivity contribution is -0.117. The van der Waals surface area contributed by atoms with Crippen LogP contribution in [0.2, 0.25) is 0 Å². The quantitative estimate of drug-likeness (QED) is 0.235. The first-order chi connectivity index (χ1) is 19.9. The minimum Gasteiger partial charge on any atom is -0.493 e. The number of carbonyl (C=O) groups excluding carboxylic acids is 2. The van der Waals surface area contributed by atoms with Gasteiger partial charge in [0.15, 0.2) is 22.4 Å². The molecule has 0 radical (unpaired) electrons. The van der Waals surface area contributed by atoms with Gasteiger partial charge in [-0.15, -0.1) is 11.3 Å². The van der Waals surface area contributed by atoms with E-state index < -0.39 is 6.04 Å². The smallest absolute Gasteiger partial charge is 0.247 e. The minimum atomic E-state index is -0.831. The number of aromatic nitrogens is 4. The summed E-state index contributed by atoms with van der Waals surface area (Å²) in [4.78, 5) is 35.1. The van der Waals surface area contributed by atoms with Crippen molar-refractivity contribution in [3.8, 4) is 34.2 Å². The lowest BCUT2D eigenvalue weighted by Crippen LogP contribution is -2.27. The number of nitrogens with two attached hydrogens (primary N) is 1. The van der Waals surface area contributed by atoms with E-state index in [2.05, 4.69) is 20.4 Å². The molecule has 0 fully saturated rings. The molecule has 2 aromatic heterocycles. The topological polar surface area (TPSA) is 143 Å². The fourth-order valence-electron chi connectivity index (χ4n) is 4.23. The lowest BCUT2D eigenvalue weighted by Gasteiger charge is -2.15. The largest absolute Gasteiger partial charge is 0.493 e. The molecule has 11 nitrogen and oxygen atoms in total. The maximum Gasteiger partial charge on any atom is 0.247 e. The van der Waals surface area contributed by atoms with Crippen LogP contribution in [-0.2, 0) is 4.79 Å². The Kier molecular flexibility index (Phi) is 8.04. The molecule has 3 aromatic carbocycles. The number of thiazole rings is 1. The van der Waals surface area contributed by atoms with Gasteiger partial charge in [-0.3, -0.25) is 9.59 Å². The number of amides is 1. The van der Waals surface area contributed by atoms with Gasteiger partial charge in [0, 0.05) is 22.1 Å². The first kappa shape index (κ1) is 27.5. The van der Waals surface area contributed by atoms with E-state index in [9.17, 15) is 9.59 Å². The SMILES string of the molecule is COc1cc(C(=O)c2ccc(-c3csc(NC(=O)[C@H](N)c4ccccc4)n3)cc2-n2cncn2)cc(OC)c1OC. The molecule has 0 aliphatic rings. The van der Waals surface area contributed by atoms with E-state index in [1.807, 2.05) is 23.6 Å². The van der Waals surface area contributed by atoms with Crippen LogP contribution in [-0.4, -0.2) is 52.8 Å². The van der Waals surface area contributed by atoms with Crippen LogP contribution in [0.3, 0.4) is 0 Å². The van der Waals surface area contributed by atoms with Crippen molar-refractivity contribution in [2.24, 2.45) is 5.73 Å². The second-order valence-corrected chi connectivity index (χ2v) is 9.59. The van der Waals surface area contributed by atoms with Gasteiger partial charge in [0.2, 0.25) is 11.7 Å². The van der Waals surface area contributed by atoms with Crippen LogP contribution in [0.25, 0.3) is 16.9 Å². The summed E-state index contributed by atoms with van der Waals surface area (Å²) < 4.78 is 17.7. The summed E-state index contributed by atoms with van der Waals surface area (Å²) in [6.07, 6.45) is 2.88. The van der Waals surface area contributed by atoms with Crippen molar-refractivity contribution in [1.29, 1.82) is 0 Å². The molecule has 0 spiro atoms. The molecule has 0 unspecified atom stereocenters. The predicted octanol–water partition coefficient (Wildman–Crippen LogP) is 4.29. The van der Waals surface area contributed by atoms with Crippen LogP contribution in [0.15, 0.2) is 78.7 Å². The van der Waals surface area contributed by atoms with Crippen molar-refractivity contribution in [2.75, 3.05) is 26.6 Å². The second-order valence-electron chi connectivity index (χ2n) is 8.73. The zero-order valence-electron chi connectivity index (χ0n) is 22.4. The third kappa shape index (κ3) is 5.64. The van der Waals surface area contributed by atoms with E-state index in [1.165, 1.54) is 50.0 Å². The van der Waals surface area contributed by atoms with E-state index >= 15 is 0 Å². The van der Waals surface area contributed by atoms with Gasteiger partial charge < -0.3 is 25.3 Å². The third-order valence-electron chi connectivity index (χ3n) is 6.31. The highest BCUT2D eigenvalue weighted by Gasteiger charge is 2.22. The number of methoxy groups -OCH3 is 3. The van der Waals surface area contributed by atoms with Gasteiger partial charge in [-0.25, -0.2) is 14.6 Å². The molecule has 1 atom stereocenters. The number of nitrogens with one attached hydrogen (secondary N) is 1. The zero-order chi connectivity index (χ0) is 28.9. The summed E-state index contributed by atoms with van der Waals surface area (Å²) >= 11 is 1.27. The average Bonchev–Trinajstić information content (AvgIpc) is 3.72. The molecule has 5 aromatic rings. The number of carbonyl (C=O) groups is 2. The molecule has 0 bridgehead atoms. The van der Waals surface area contributed by atoms with E-state index in [1.54, 1.807) is 42.5 Å². The molecule has 5 rings (SSSR count). The van der Waals surface area contributed by atoms with Crippen LogP contribution in [0.5, 0.6) is 17.2 Å². The number of hydrogen-bond acceptors (Lipinski definition) is 10. The summed E-state index contributed by atoms with van der Waals surface area (Å²) in [5.74, 6) is 0.444. The average molecular weight is 571 g/mol. The highest BCUT2D eigenvalue weighted by Crippen LogP contribution is 2.39. The molecule has 12 heteroatoms. The highest BCUT2D eigenvalue weighted by atomic mass is 32.1. The molecule has 0 saturated carbocycles. The van der Waals surface area contributed by atoms with Crippen LogP contribution < -0.4 is 25.3 Å². The summed E-state index contributed by atoms with van der Waals surface area (Å²) in [5, 5.41) is 9.23. The number of rotatable bonds is 10. The second kappa shape index (κ2) is 12.0. The molecule has 3 N–H and O–H groups in total. The van der Waals surface area contributed by atoms with Gasteiger partial charge in [-0.2, -0.15) is 5.10 Å². The fourth-order valence-corrected chi connectivity index (χ4v) is 4.95. The van der Waals surface area contributed by atoms with Crippen molar-refractivity contribution >= 4 is 28.2 Å². The van der Waals surface area contributed by atoms with Crippen LogP contribution >= 0.6 is 11.3 Å². The van der Waals surface area contributed by atoms with Crippen LogP contribution in [0, 0.1) is 0 Å². The van der Waals surface area contributed by atoms with Gasteiger partial charge in [0.05, 0.1) is 32.7 Å². The van der Waals surface area contributed by atoms with Crippen LogP contribution in [0.1, 0.15) is 27.5 Å². The Balaban J connectivity index is 1.46. The van der Waals surface area contributed by atoms with Crippen molar-refractivity contribution < 1.29 is 23.8 Å². The Hall–Kier alpha value is -5.07. The van der Waals surface area contributed by atoms with E-state index in [-0.39, 0.29) is 11.7 Å². The molecular weight excluding hydrogens is 544 g/mol. The molecular formula is C29H26N6O5S. The summed E-state index contributed by atoms with van der Waals surface area (Å²) in [6, 6.07) is 16.7. The van der Waals surface area contributed by atoms with E-state index in [0.29, 0.717) is 56.0 Å². The number of ketones is 1. The maximum absolute atomic E-state index is 13.8. The Morgan fingerprint density at radius 2 is 1.71 bits per heavy atom. The standard InChI is InChI=1S/C29H26N6O5S/c1-38-23-12-19(13-24(39-2)27(23)40-3)26(36)20-10-9-18(11-22(20)35-16-31-15-32-35)21-14-41-29(33-21)34-28(37)25(30)17-7-5-4-6-8-17/h4-16,25H,30H2,1-3H3,(H,33,34,37)/t25-/m1/s1. The fraction of sp³-hybridized carbons (Fsp3) is 0.138. The van der Waals surface area contributed by atoms with Gasteiger partial charge in [0.1, 0.15) is 18.7 Å². The first-order valence-corrected chi connectivity index (χ1v) is 13.2. The monoisotopic (exact) mass is 570 g/mol. The molecule has 41 heavy (non-hydrogen) atoms. The minimum absolute atomic E-state index is 0.289. The van der Waals surface area contributed by atoms with Gasteiger partial charge in [0.25, 0.3) is 0 Å². The predicted molar refractivity (Wildman–Crippen MR) is 154 cm³/mol. The van der Waals surface area contributed by atoms with E-state index in [4.69, 9.17) is 19.9 Å². The third-order valence-corrected chi connectivity index (χ3v) is 7.06. The van der Waals surface area contributed by atoms with Gasteiger partial charge in [-0.1, -0.05) is 36.4 Å². The van der Waals surface area contributed by atoms with Crippen molar-refractivity contribution in [1.82, 2.24) is 19.7 Å². The molecule has 208 valence electrons. The van der Waals surface area contributed by atoms with Crippen molar-refractivity contribution in [3.05, 3.63) is 95.4 Å². The normalized spacial score (nSPS) is 11.5. The van der Waals surface area contributed by atoms with E-state index in [0.717, 1.165) is 0 Å². The number of nitrogens with zero attached hydrogens (tertiary/aromatic N) is 4. The Morgan fingerprint density at radius 1 is 0.976 bits per heavy atom. The summed E-state index contributed by atoms with van der Waals surface area (Å²) in [7, 11) is 4.47. The number of hydrogen-bond donors (Lipinski definition) is 2. The molecule has 0 saturated heterocycles. The molecule has 0 aliphatic carbocycles. The van der Waals surface area contributed by atoms with Gasteiger partial charge >= 0.3 is 0 Å². The summed E-state index contributed by atoms with van der Waals surface area (Å²) in [6.45, 7) is 0. The summed E-state index contributed by atoms with van der Waals surface area (Å²) in [5.41, 5.74) is 9.32. The molecule has 0 aliphatic heterocycles. The van der Waals surface area contributed by atoms with Crippen molar-refractivity contribution in [3.63, 3.8) is 0 Å². The maximum atomic E-state index is 13.8. The first-order valence-electron chi connectivity index (χ1n) is 12.3. The van der Waals surface area contributed by atoms with Crippen LogP contribution in [0.4, 0.5) is 5.13 Å². The number of anilines is 1. The van der Waals surface area contributed by atoms with Crippen molar-refractivity contribution in [2.45, 2.75) is 6.04 Å². The highest BCUT2D eigenvalue weighted by molar-refractivity contribution is 7.14.